The van der Waals surface area contributed by atoms with Gasteiger partial charge in [-0.15, -0.1) is 6.58 Å². The Morgan fingerprint density at radius 3 is 2.76 bits per heavy atom. The molecule has 1 aromatic carbocycles. The number of ether oxygens (including phenoxy) is 1. The van der Waals surface area contributed by atoms with Gasteiger partial charge in [-0.3, -0.25) is 4.79 Å². The lowest BCUT2D eigenvalue weighted by atomic mass is 10.1. The highest BCUT2D eigenvalue weighted by molar-refractivity contribution is 9.10. The molecule has 0 unspecified atom stereocenters. The third-order valence-electron chi connectivity index (χ3n) is 2.64. The van der Waals surface area contributed by atoms with Crippen LogP contribution in [0.1, 0.15) is 26.3 Å². The number of carbonyl (C=O) groups is 1. The minimum Gasteiger partial charge on any atom is -0.484 e. The Labute approximate surface area is 135 Å². The molecule has 0 aromatic heterocycles. The first-order valence-electron chi connectivity index (χ1n) is 6.85. The van der Waals surface area contributed by atoms with Crippen LogP contribution < -0.4 is 15.4 Å². The summed E-state index contributed by atoms with van der Waals surface area (Å²) in [5.74, 6) is 0.518. The molecule has 1 rings (SSSR count). The van der Waals surface area contributed by atoms with Gasteiger partial charge >= 0.3 is 0 Å². The van der Waals surface area contributed by atoms with E-state index < -0.39 is 0 Å². The van der Waals surface area contributed by atoms with Gasteiger partial charge in [-0.25, -0.2) is 0 Å². The van der Waals surface area contributed by atoms with Crippen LogP contribution in [0.3, 0.4) is 0 Å². The van der Waals surface area contributed by atoms with E-state index in [4.69, 9.17) is 4.74 Å². The van der Waals surface area contributed by atoms with E-state index in [1.54, 1.807) is 6.08 Å². The standard InChI is InChI=1S/C16H23BrN2O2/c1-5-8-18-15(20)11-21-13-6-7-14(17)12(9-13)10-19-16(2,3)4/h5-7,9,19H,1,8,10-11H2,2-4H3,(H,18,20). The molecule has 0 saturated carbocycles. The summed E-state index contributed by atoms with van der Waals surface area (Å²) < 4.78 is 6.51. The minimum atomic E-state index is -0.160. The number of halogens is 1. The third kappa shape index (κ3) is 7.29. The van der Waals surface area contributed by atoms with E-state index in [9.17, 15) is 4.79 Å². The Kier molecular flexibility index (Phi) is 6.92. The molecule has 0 aliphatic carbocycles. The van der Waals surface area contributed by atoms with Gasteiger partial charge in [0.25, 0.3) is 5.91 Å². The Hall–Kier alpha value is -1.33. The lowest BCUT2D eigenvalue weighted by molar-refractivity contribution is -0.122. The fourth-order valence-corrected chi connectivity index (χ4v) is 1.91. The van der Waals surface area contributed by atoms with Crippen LogP contribution >= 0.6 is 15.9 Å². The van der Waals surface area contributed by atoms with Gasteiger partial charge in [0.1, 0.15) is 5.75 Å². The van der Waals surface area contributed by atoms with Crippen molar-refractivity contribution in [3.05, 3.63) is 40.9 Å². The summed E-state index contributed by atoms with van der Waals surface area (Å²) in [4.78, 5) is 11.5. The van der Waals surface area contributed by atoms with Crippen LogP contribution in [-0.2, 0) is 11.3 Å². The largest absolute Gasteiger partial charge is 0.484 e. The van der Waals surface area contributed by atoms with Crippen LogP contribution in [0.5, 0.6) is 5.75 Å². The molecule has 0 saturated heterocycles. The first-order chi connectivity index (χ1) is 9.81. The monoisotopic (exact) mass is 354 g/mol. The van der Waals surface area contributed by atoms with Crippen molar-refractivity contribution < 1.29 is 9.53 Å². The van der Waals surface area contributed by atoms with Crippen molar-refractivity contribution in [3.8, 4) is 5.75 Å². The van der Waals surface area contributed by atoms with Crippen LogP contribution in [0.25, 0.3) is 0 Å². The van der Waals surface area contributed by atoms with Gasteiger partial charge in [0, 0.05) is 23.1 Å². The van der Waals surface area contributed by atoms with Crippen LogP contribution in [0.15, 0.2) is 35.3 Å². The molecular weight excluding hydrogens is 332 g/mol. The summed E-state index contributed by atoms with van der Waals surface area (Å²) in [6.45, 7) is 11.1. The number of hydrogen-bond donors (Lipinski definition) is 2. The molecule has 4 nitrogen and oxygen atoms in total. The van der Waals surface area contributed by atoms with Gasteiger partial charge in [-0.2, -0.15) is 0 Å². The van der Waals surface area contributed by atoms with Crippen LogP contribution in [0, 0.1) is 0 Å². The molecule has 0 fully saturated rings. The average molecular weight is 355 g/mol. The summed E-state index contributed by atoms with van der Waals surface area (Å²) in [5.41, 5.74) is 1.13. The highest BCUT2D eigenvalue weighted by atomic mass is 79.9. The number of rotatable bonds is 7. The van der Waals surface area contributed by atoms with Crippen molar-refractivity contribution in [2.24, 2.45) is 0 Å². The van der Waals surface area contributed by atoms with Crippen LogP contribution in [0.4, 0.5) is 0 Å². The molecule has 21 heavy (non-hydrogen) atoms. The molecule has 0 radical (unpaired) electrons. The number of benzene rings is 1. The number of amides is 1. The zero-order valence-corrected chi connectivity index (χ0v) is 14.4. The molecule has 2 N–H and O–H groups in total. The van der Waals surface area contributed by atoms with Crippen molar-refractivity contribution in [2.45, 2.75) is 32.9 Å². The fraction of sp³-hybridized carbons (Fsp3) is 0.438. The van der Waals surface area contributed by atoms with Crippen molar-refractivity contribution >= 4 is 21.8 Å². The van der Waals surface area contributed by atoms with Crippen molar-refractivity contribution in [3.63, 3.8) is 0 Å². The quantitative estimate of drug-likeness (QED) is 0.740. The second-order valence-corrected chi connectivity index (χ2v) is 6.59. The highest BCUT2D eigenvalue weighted by Crippen LogP contribution is 2.23. The Balaban J connectivity index is 2.60. The van der Waals surface area contributed by atoms with Gasteiger partial charge in [-0.1, -0.05) is 22.0 Å². The summed E-state index contributed by atoms with van der Waals surface area (Å²) in [6, 6.07) is 5.70. The number of hydrogen-bond acceptors (Lipinski definition) is 3. The zero-order chi connectivity index (χ0) is 15.9. The molecule has 0 atom stereocenters. The van der Waals surface area contributed by atoms with Gasteiger partial charge < -0.3 is 15.4 Å². The molecular formula is C16H23BrN2O2. The van der Waals surface area contributed by atoms with E-state index in [0.29, 0.717) is 12.3 Å². The molecule has 0 aliphatic rings. The lowest BCUT2D eigenvalue weighted by Gasteiger charge is -2.21. The van der Waals surface area contributed by atoms with Gasteiger partial charge in [0.2, 0.25) is 0 Å². The Bertz CT molecular complexity index is 496. The summed E-state index contributed by atoms with van der Waals surface area (Å²) in [6.07, 6.45) is 1.63. The molecule has 0 spiro atoms. The first-order valence-corrected chi connectivity index (χ1v) is 7.65. The summed E-state index contributed by atoms with van der Waals surface area (Å²) in [7, 11) is 0. The second-order valence-electron chi connectivity index (χ2n) is 5.74. The predicted octanol–water partition coefficient (Wildman–Crippen LogP) is 3.02. The molecule has 1 aromatic rings. The second kappa shape index (κ2) is 8.20. The smallest absolute Gasteiger partial charge is 0.258 e. The number of nitrogens with one attached hydrogen (secondary N) is 2. The Morgan fingerprint density at radius 1 is 1.43 bits per heavy atom. The highest BCUT2D eigenvalue weighted by Gasteiger charge is 2.11. The SMILES string of the molecule is C=CCNC(=O)COc1ccc(Br)c(CNC(C)(C)C)c1. The van der Waals surface area contributed by atoms with Crippen molar-refractivity contribution in [2.75, 3.05) is 13.2 Å². The van der Waals surface area contributed by atoms with Gasteiger partial charge in [-0.05, 0) is 44.5 Å². The topological polar surface area (TPSA) is 50.4 Å². The number of carbonyl (C=O) groups excluding carboxylic acids is 1. The van der Waals surface area contributed by atoms with Crippen LogP contribution in [-0.4, -0.2) is 24.6 Å². The molecule has 0 heterocycles. The minimum absolute atomic E-state index is 0.00160. The Morgan fingerprint density at radius 2 is 2.14 bits per heavy atom. The van der Waals surface area contributed by atoms with Gasteiger partial charge in [0.15, 0.2) is 6.61 Å². The van der Waals surface area contributed by atoms with E-state index in [2.05, 4.69) is 53.9 Å². The molecule has 116 valence electrons. The lowest BCUT2D eigenvalue weighted by Crippen LogP contribution is -2.35. The van der Waals surface area contributed by atoms with Crippen molar-refractivity contribution in [1.82, 2.24) is 10.6 Å². The fourth-order valence-electron chi connectivity index (χ4n) is 1.52. The zero-order valence-electron chi connectivity index (χ0n) is 12.8. The van der Waals surface area contributed by atoms with Crippen molar-refractivity contribution in [1.29, 1.82) is 0 Å². The maximum atomic E-state index is 11.5. The van der Waals surface area contributed by atoms with Gasteiger partial charge in [0.05, 0.1) is 0 Å². The summed E-state index contributed by atoms with van der Waals surface area (Å²) in [5, 5.41) is 6.09. The predicted molar refractivity (Wildman–Crippen MR) is 89.4 cm³/mol. The molecule has 1 amide bonds. The summed E-state index contributed by atoms with van der Waals surface area (Å²) >= 11 is 3.53. The van der Waals surface area contributed by atoms with E-state index in [-0.39, 0.29) is 18.1 Å². The molecule has 0 aliphatic heterocycles. The van der Waals surface area contributed by atoms with E-state index in [1.165, 1.54) is 0 Å². The normalized spacial score (nSPS) is 11.0. The van der Waals surface area contributed by atoms with E-state index in [0.717, 1.165) is 16.6 Å². The maximum Gasteiger partial charge on any atom is 0.258 e. The van der Waals surface area contributed by atoms with E-state index >= 15 is 0 Å². The first kappa shape index (κ1) is 17.7. The molecule has 5 heteroatoms. The van der Waals surface area contributed by atoms with E-state index in [1.807, 2.05) is 18.2 Å². The average Bonchev–Trinajstić information content (AvgIpc) is 2.41. The maximum absolute atomic E-state index is 11.5. The van der Waals surface area contributed by atoms with Crippen LogP contribution in [0.2, 0.25) is 0 Å². The molecule has 0 bridgehead atoms. The third-order valence-corrected chi connectivity index (χ3v) is 3.41.